The van der Waals surface area contributed by atoms with Crippen LogP contribution in [0.2, 0.25) is 0 Å². The molecule has 1 atom stereocenters. The molecular weight excluding hydrogens is 186 g/mol. The molecule has 2 heteroatoms. The second-order valence-corrected chi connectivity index (χ2v) is 4.50. The molecule has 1 rings (SSSR count). The molecule has 0 saturated carbocycles. The van der Waals surface area contributed by atoms with Gasteiger partial charge in [-0.15, -0.1) is 0 Å². The first-order valence-corrected chi connectivity index (χ1v) is 5.55. The van der Waals surface area contributed by atoms with Crippen LogP contribution in [0.5, 0.6) is 5.75 Å². The van der Waals surface area contributed by atoms with Crippen molar-refractivity contribution in [2.45, 2.75) is 45.7 Å². The number of phenolic OH excluding ortho intramolecular Hbond substituents is 1. The van der Waals surface area contributed by atoms with Gasteiger partial charge in [-0.3, -0.25) is 0 Å². The summed E-state index contributed by atoms with van der Waals surface area (Å²) in [5, 5.41) is 13.4. The van der Waals surface area contributed by atoms with Gasteiger partial charge in [-0.05, 0) is 19.4 Å². The third-order valence-electron chi connectivity index (χ3n) is 2.81. The van der Waals surface area contributed by atoms with Crippen LogP contribution in [0.15, 0.2) is 24.3 Å². The highest BCUT2D eigenvalue weighted by molar-refractivity contribution is 5.37. The molecule has 0 saturated heterocycles. The predicted molar refractivity (Wildman–Crippen MR) is 64.0 cm³/mol. The zero-order chi connectivity index (χ0) is 11.5. The molecular formula is C13H21NO. The standard InChI is InChI=1S/C13H21NO/c1-5-13(4,14-10(2)3)11-8-6-7-9-12(11)15/h6-10,14-15H,5H2,1-4H3. The molecule has 15 heavy (non-hydrogen) atoms. The molecule has 0 aliphatic carbocycles. The zero-order valence-corrected chi connectivity index (χ0v) is 10.0. The van der Waals surface area contributed by atoms with E-state index in [0.717, 1.165) is 12.0 Å². The molecule has 1 aromatic rings. The first kappa shape index (κ1) is 12.1. The minimum absolute atomic E-state index is 0.153. The molecule has 2 nitrogen and oxygen atoms in total. The molecule has 0 spiro atoms. The van der Waals surface area contributed by atoms with E-state index in [1.165, 1.54) is 0 Å². The van der Waals surface area contributed by atoms with E-state index in [2.05, 4.69) is 33.0 Å². The average Bonchev–Trinajstić information content (AvgIpc) is 2.17. The van der Waals surface area contributed by atoms with E-state index in [1.807, 2.05) is 18.2 Å². The maximum absolute atomic E-state index is 9.85. The minimum Gasteiger partial charge on any atom is -0.508 e. The van der Waals surface area contributed by atoms with Crippen LogP contribution >= 0.6 is 0 Å². The van der Waals surface area contributed by atoms with Gasteiger partial charge in [0.05, 0.1) is 0 Å². The van der Waals surface area contributed by atoms with Crippen molar-refractivity contribution in [2.75, 3.05) is 0 Å². The van der Waals surface area contributed by atoms with Crippen molar-refractivity contribution in [1.29, 1.82) is 0 Å². The fourth-order valence-electron chi connectivity index (χ4n) is 1.95. The van der Waals surface area contributed by atoms with E-state index < -0.39 is 0 Å². The second-order valence-electron chi connectivity index (χ2n) is 4.50. The molecule has 2 N–H and O–H groups in total. The topological polar surface area (TPSA) is 32.3 Å². The molecule has 84 valence electrons. The fraction of sp³-hybridized carbons (Fsp3) is 0.538. The lowest BCUT2D eigenvalue weighted by Gasteiger charge is -2.33. The Kier molecular flexibility index (Phi) is 3.75. The summed E-state index contributed by atoms with van der Waals surface area (Å²) < 4.78 is 0. The fourth-order valence-corrected chi connectivity index (χ4v) is 1.95. The van der Waals surface area contributed by atoms with E-state index in [9.17, 15) is 5.11 Å². The van der Waals surface area contributed by atoms with E-state index >= 15 is 0 Å². The maximum atomic E-state index is 9.85. The lowest BCUT2D eigenvalue weighted by molar-refractivity contribution is 0.310. The molecule has 1 aromatic carbocycles. The number of hydrogen-bond donors (Lipinski definition) is 2. The summed E-state index contributed by atoms with van der Waals surface area (Å²) in [6.45, 7) is 8.49. The van der Waals surface area contributed by atoms with Gasteiger partial charge in [0.25, 0.3) is 0 Å². The van der Waals surface area contributed by atoms with Crippen LogP contribution in [-0.4, -0.2) is 11.1 Å². The second kappa shape index (κ2) is 4.67. The third-order valence-corrected chi connectivity index (χ3v) is 2.81. The number of aromatic hydroxyl groups is 1. The monoisotopic (exact) mass is 207 g/mol. The lowest BCUT2D eigenvalue weighted by Crippen LogP contribution is -2.43. The summed E-state index contributed by atoms with van der Waals surface area (Å²) in [6, 6.07) is 7.93. The van der Waals surface area contributed by atoms with E-state index in [1.54, 1.807) is 6.07 Å². The van der Waals surface area contributed by atoms with Gasteiger partial charge in [0.2, 0.25) is 0 Å². The largest absolute Gasteiger partial charge is 0.508 e. The summed E-state index contributed by atoms with van der Waals surface area (Å²) >= 11 is 0. The van der Waals surface area contributed by atoms with Crippen LogP contribution in [0.3, 0.4) is 0 Å². The van der Waals surface area contributed by atoms with E-state index in [0.29, 0.717) is 11.8 Å². The number of hydrogen-bond acceptors (Lipinski definition) is 2. The predicted octanol–water partition coefficient (Wildman–Crippen LogP) is 3.02. The van der Waals surface area contributed by atoms with Crippen LogP contribution in [0, 0.1) is 0 Å². The van der Waals surface area contributed by atoms with Crippen molar-refractivity contribution < 1.29 is 5.11 Å². The third kappa shape index (κ3) is 2.72. The Morgan fingerprint density at radius 2 is 1.93 bits per heavy atom. The summed E-state index contributed by atoms with van der Waals surface area (Å²) in [7, 11) is 0. The van der Waals surface area contributed by atoms with Crippen molar-refractivity contribution >= 4 is 0 Å². The minimum atomic E-state index is -0.153. The lowest BCUT2D eigenvalue weighted by atomic mass is 9.88. The summed E-state index contributed by atoms with van der Waals surface area (Å²) in [6.07, 6.45) is 0.947. The Labute approximate surface area is 92.3 Å². The number of rotatable bonds is 4. The Bertz CT molecular complexity index is 322. The molecule has 1 unspecified atom stereocenters. The first-order chi connectivity index (χ1) is 6.99. The summed E-state index contributed by atoms with van der Waals surface area (Å²) in [5.41, 5.74) is 0.820. The van der Waals surface area contributed by atoms with Crippen LogP contribution in [0.1, 0.15) is 39.7 Å². The van der Waals surface area contributed by atoms with Crippen LogP contribution in [0.25, 0.3) is 0 Å². The molecule has 0 aromatic heterocycles. The van der Waals surface area contributed by atoms with Gasteiger partial charge in [-0.2, -0.15) is 0 Å². The highest BCUT2D eigenvalue weighted by Crippen LogP contribution is 2.31. The Hall–Kier alpha value is -1.02. The number of benzene rings is 1. The van der Waals surface area contributed by atoms with Crippen LogP contribution < -0.4 is 5.32 Å². The van der Waals surface area contributed by atoms with Gasteiger partial charge in [-0.25, -0.2) is 0 Å². The Morgan fingerprint density at radius 1 is 1.33 bits per heavy atom. The highest BCUT2D eigenvalue weighted by atomic mass is 16.3. The molecule has 0 fully saturated rings. The van der Waals surface area contributed by atoms with Crippen molar-refractivity contribution in [1.82, 2.24) is 5.32 Å². The van der Waals surface area contributed by atoms with Crippen LogP contribution in [0.4, 0.5) is 0 Å². The van der Waals surface area contributed by atoms with Gasteiger partial charge in [0, 0.05) is 17.1 Å². The van der Waals surface area contributed by atoms with Gasteiger partial charge in [0.1, 0.15) is 5.75 Å². The van der Waals surface area contributed by atoms with Crippen molar-refractivity contribution in [3.8, 4) is 5.75 Å². The van der Waals surface area contributed by atoms with Crippen molar-refractivity contribution in [2.24, 2.45) is 0 Å². The number of para-hydroxylation sites is 1. The Balaban J connectivity index is 3.05. The molecule has 0 bridgehead atoms. The number of phenols is 1. The van der Waals surface area contributed by atoms with Gasteiger partial charge >= 0.3 is 0 Å². The average molecular weight is 207 g/mol. The van der Waals surface area contributed by atoms with Gasteiger partial charge in [0.15, 0.2) is 0 Å². The van der Waals surface area contributed by atoms with Gasteiger partial charge in [-0.1, -0.05) is 39.0 Å². The summed E-state index contributed by atoms with van der Waals surface area (Å²) in [4.78, 5) is 0. The van der Waals surface area contributed by atoms with Crippen molar-refractivity contribution in [3.05, 3.63) is 29.8 Å². The van der Waals surface area contributed by atoms with Crippen molar-refractivity contribution in [3.63, 3.8) is 0 Å². The van der Waals surface area contributed by atoms with Crippen LogP contribution in [-0.2, 0) is 5.54 Å². The molecule has 0 aliphatic heterocycles. The van der Waals surface area contributed by atoms with E-state index in [-0.39, 0.29) is 5.54 Å². The zero-order valence-electron chi connectivity index (χ0n) is 10.0. The molecule has 0 heterocycles. The Morgan fingerprint density at radius 3 is 2.40 bits per heavy atom. The normalized spacial score (nSPS) is 15.3. The highest BCUT2D eigenvalue weighted by Gasteiger charge is 2.27. The van der Waals surface area contributed by atoms with Gasteiger partial charge < -0.3 is 10.4 Å². The smallest absolute Gasteiger partial charge is 0.120 e. The number of nitrogens with one attached hydrogen (secondary N) is 1. The molecule has 0 amide bonds. The maximum Gasteiger partial charge on any atom is 0.120 e. The first-order valence-electron chi connectivity index (χ1n) is 5.55. The molecule has 0 aliphatic rings. The molecule has 0 radical (unpaired) electrons. The summed E-state index contributed by atoms with van der Waals surface area (Å²) in [5.74, 6) is 0.370. The quantitative estimate of drug-likeness (QED) is 0.795. The SMILES string of the molecule is CCC(C)(NC(C)C)c1ccccc1O. The van der Waals surface area contributed by atoms with E-state index in [4.69, 9.17) is 0 Å².